The van der Waals surface area contributed by atoms with Crippen LogP contribution in [0.2, 0.25) is 0 Å². The summed E-state index contributed by atoms with van der Waals surface area (Å²) in [7, 11) is 0. The minimum atomic E-state index is -1.07. The molecule has 1 atom stereocenters. The van der Waals surface area contributed by atoms with Gasteiger partial charge in [0.15, 0.2) is 5.82 Å². The Morgan fingerprint density at radius 1 is 1.27 bits per heavy atom. The maximum absolute atomic E-state index is 11.6. The summed E-state index contributed by atoms with van der Waals surface area (Å²) in [5.41, 5.74) is 5.19. The number of amides is 4. The van der Waals surface area contributed by atoms with Crippen LogP contribution in [0.15, 0.2) is 16.2 Å². The zero-order valence-corrected chi connectivity index (χ0v) is 13.8. The number of carbonyl (C=O) groups is 4. The van der Waals surface area contributed by atoms with E-state index in [2.05, 4.69) is 32.1 Å². The van der Waals surface area contributed by atoms with Gasteiger partial charge < -0.3 is 16.0 Å². The standard InChI is InChI=1S/C16H14N6O4/c1-2-3-10(23)19-8-4-5-22(7-8)14-12-11(9(6-18-14)13(17)24)20-15(25)16(26)21-12/h6,8H,4-5,7H2,1H3,(H2,17,24)(H,19,23)/t8-/m1/s1. The molecule has 0 unspecified atom stereocenters. The van der Waals surface area contributed by atoms with Gasteiger partial charge in [-0.3, -0.25) is 19.2 Å². The summed E-state index contributed by atoms with van der Waals surface area (Å²) >= 11 is 0. The smallest absolute Gasteiger partial charge is 0.338 e. The van der Waals surface area contributed by atoms with Crippen LogP contribution in [0.3, 0.4) is 0 Å². The molecule has 3 heterocycles. The number of nitrogens with one attached hydrogen (secondary N) is 1. The first-order chi connectivity index (χ1) is 12.4. The summed E-state index contributed by atoms with van der Waals surface area (Å²) < 4.78 is 0. The van der Waals surface area contributed by atoms with Crippen LogP contribution in [-0.4, -0.2) is 47.7 Å². The van der Waals surface area contributed by atoms with E-state index in [9.17, 15) is 19.2 Å². The first-order valence-corrected chi connectivity index (χ1v) is 7.73. The molecule has 26 heavy (non-hydrogen) atoms. The Hall–Kier alpha value is -3.61. The number of anilines is 1. The minimum Gasteiger partial charge on any atom is -0.365 e. The Kier molecular flexibility index (Phi) is 4.45. The molecule has 0 aliphatic carbocycles. The van der Waals surface area contributed by atoms with Gasteiger partial charge >= 0.3 is 11.8 Å². The number of pyridine rings is 1. The summed E-state index contributed by atoms with van der Waals surface area (Å²) in [6.07, 6.45) is 1.84. The SMILES string of the molecule is CC#CC(=O)N[C@@H]1CCN(c2ncc(C(N)=O)c3c2=NC(=O)C(=O)N=3)C1. The van der Waals surface area contributed by atoms with Crippen molar-refractivity contribution in [3.05, 3.63) is 22.5 Å². The molecule has 0 radical (unpaired) electrons. The van der Waals surface area contributed by atoms with E-state index in [-0.39, 0.29) is 28.2 Å². The van der Waals surface area contributed by atoms with Crippen LogP contribution < -0.4 is 26.7 Å². The molecule has 10 heteroatoms. The predicted octanol–water partition coefficient (Wildman–Crippen LogP) is -2.80. The van der Waals surface area contributed by atoms with Crippen molar-refractivity contribution < 1.29 is 19.2 Å². The highest BCUT2D eigenvalue weighted by Crippen LogP contribution is 2.14. The first-order valence-electron chi connectivity index (χ1n) is 7.73. The van der Waals surface area contributed by atoms with Crippen LogP contribution in [-0.2, 0) is 14.4 Å². The lowest BCUT2D eigenvalue weighted by Gasteiger charge is -2.18. The molecule has 1 aromatic rings. The molecule has 0 aromatic carbocycles. The molecule has 4 amide bonds. The van der Waals surface area contributed by atoms with Gasteiger partial charge in [-0.1, -0.05) is 5.92 Å². The number of primary amides is 1. The van der Waals surface area contributed by atoms with Crippen LogP contribution in [0.5, 0.6) is 0 Å². The lowest BCUT2D eigenvalue weighted by molar-refractivity contribution is -0.135. The fourth-order valence-corrected chi connectivity index (χ4v) is 2.81. The lowest BCUT2D eigenvalue weighted by Crippen LogP contribution is -2.45. The highest BCUT2D eigenvalue weighted by atomic mass is 16.2. The summed E-state index contributed by atoms with van der Waals surface area (Å²) in [5, 5.41) is 2.75. The van der Waals surface area contributed by atoms with Gasteiger partial charge in [-0.15, -0.1) is 0 Å². The number of nitrogens with zero attached hydrogens (tertiary/aromatic N) is 4. The third kappa shape index (κ3) is 3.14. The molecule has 3 N–H and O–H groups in total. The minimum absolute atomic E-state index is 0.0335. The molecular weight excluding hydrogens is 340 g/mol. The molecule has 132 valence electrons. The summed E-state index contributed by atoms with van der Waals surface area (Å²) in [6, 6.07) is -0.158. The molecule has 2 aliphatic rings. The van der Waals surface area contributed by atoms with Gasteiger partial charge in [-0.2, -0.15) is 4.99 Å². The Balaban J connectivity index is 1.98. The van der Waals surface area contributed by atoms with Crippen LogP contribution in [0.1, 0.15) is 23.7 Å². The molecule has 1 fully saturated rings. The average molecular weight is 354 g/mol. The van der Waals surface area contributed by atoms with E-state index in [1.165, 1.54) is 6.20 Å². The van der Waals surface area contributed by atoms with Gasteiger partial charge in [0.05, 0.1) is 5.56 Å². The zero-order chi connectivity index (χ0) is 18.8. The lowest BCUT2D eigenvalue weighted by atomic mass is 10.2. The van der Waals surface area contributed by atoms with Gasteiger partial charge in [0.1, 0.15) is 10.7 Å². The number of fused-ring (bicyclic) bond motifs is 1. The molecule has 2 aliphatic heterocycles. The number of hydrogen-bond donors (Lipinski definition) is 2. The van der Waals surface area contributed by atoms with E-state index in [0.29, 0.717) is 25.3 Å². The number of aromatic nitrogens is 1. The van der Waals surface area contributed by atoms with E-state index in [1.54, 1.807) is 11.8 Å². The number of nitrogens with two attached hydrogens (primary N) is 1. The summed E-state index contributed by atoms with van der Waals surface area (Å²) in [6.45, 7) is 2.50. The third-order valence-corrected chi connectivity index (χ3v) is 3.94. The van der Waals surface area contributed by atoms with Crippen LogP contribution in [0.25, 0.3) is 0 Å². The Morgan fingerprint density at radius 3 is 2.62 bits per heavy atom. The van der Waals surface area contributed by atoms with Gasteiger partial charge in [-0.25, -0.2) is 9.98 Å². The molecule has 0 bridgehead atoms. The monoisotopic (exact) mass is 354 g/mol. The second kappa shape index (κ2) is 6.72. The normalized spacial score (nSPS) is 18.2. The van der Waals surface area contributed by atoms with Crippen molar-refractivity contribution in [3.8, 4) is 11.8 Å². The van der Waals surface area contributed by atoms with Crippen molar-refractivity contribution in [2.75, 3.05) is 18.0 Å². The molecule has 1 saturated heterocycles. The molecule has 1 aromatic heterocycles. The molecule has 3 rings (SSSR count). The highest BCUT2D eigenvalue weighted by Gasteiger charge is 2.28. The van der Waals surface area contributed by atoms with Crippen molar-refractivity contribution in [3.63, 3.8) is 0 Å². The van der Waals surface area contributed by atoms with Crippen molar-refractivity contribution in [2.45, 2.75) is 19.4 Å². The van der Waals surface area contributed by atoms with Gasteiger partial charge in [0.2, 0.25) is 0 Å². The van der Waals surface area contributed by atoms with Crippen molar-refractivity contribution in [2.24, 2.45) is 15.7 Å². The predicted molar refractivity (Wildman–Crippen MR) is 87.3 cm³/mol. The fourth-order valence-electron chi connectivity index (χ4n) is 2.81. The zero-order valence-electron chi connectivity index (χ0n) is 13.8. The van der Waals surface area contributed by atoms with Gasteiger partial charge in [-0.05, 0) is 19.3 Å². The van der Waals surface area contributed by atoms with Gasteiger partial charge in [0.25, 0.3) is 11.8 Å². The Labute approximate surface area is 147 Å². The third-order valence-electron chi connectivity index (χ3n) is 3.94. The first kappa shape index (κ1) is 17.2. The summed E-state index contributed by atoms with van der Waals surface area (Å²) in [5.74, 6) is 1.92. The fraction of sp³-hybridized carbons (Fsp3) is 0.312. The largest absolute Gasteiger partial charge is 0.365 e. The second-order valence-corrected chi connectivity index (χ2v) is 5.67. The summed E-state index contributed by atoms with van der Waals surface area (Å²) in [4.78, 5) is 59.6. The van der Waals surface area contributed by atoms with Crippen LogP contribution in [0, 0.1) is 11.8 Å². The second-order valence-electron chi connectivity index (χ2n) is 5.67. The van der Waals surface area contributed by atoms with E-state index in [0.717, 1.165) is 0 Å². The van der Waals surface area contributed by atoms with Crippen molar-refractivity contribution >= 4 is 29.4 Å². The molecule has 0 spiro atoms. The molecule has 10 nitrogen and oxygen atoms in total. The quantitative estimate of drug-likeness (QED) is 0.443. The van der Waals surface area contributed by atoms with E-state index >= 15 is 0 Å². The van der Waals surface area contributed by atoms with Crippen molar-refractivity contribution in [1.82, 2.24) is 10.3 Å². The Morgan fingerprint density at radius 2 is 1.96 bits per heavy atom. The van der Waals surface area contributed by atoms with Crippen molar-refractivity contribution in [1.29, 1.82) is 0 Å². The Bertz CT molecular complexity index is 1020. The maximum atomic E-state index is 11.6. The van der Waals surface area contributed by atoms with Crippen LogP contribution in [0.4, 0.5) is 5.82 Å². The average Bonchev–Trinajstić information content (AvgIpc) is 3.03. The van der Waals surface area contributed by atoms with Gasteiger partial charge in [0, 0.05) is 25.3 Å². The number of carbonyl (C=O) groups excluding carboxylic acids is 4. The van der Waals surface area contributed by atoms with E-state index < -0.39 is 17.7 Å². The maximum Gasteiger partial charge on any atom is 0.338 e. The molecule has 0 saturated carbocycles. The van der Waals surface area contributed by atoms with E-state index in [4.69, 9.17) is 5.73 Å². The number of rotatable bonds is 3. The van der Waals surface area contributed by atoms with Crippen LogP contribution >= 0.6 is 0 Å². The number of hydrogen-bond acceptors (Lipinski definition) is 6. The topological polar surface area (TPSA) is 147 Å². The molecular formula is C16H14N6O4. The van der Waals surface area contributed by atoms with E-state index in [1.807, 2.05) is 0 Å². The highest BCUT2D eigenvalue weighted by molar-refractivity contribution is 6.36.